The molecule has 8 heteroatoms. The first-order valence-corrected chi connectivity index (χ1v) is 12.4. The molecule has 3 rings (SSSR count). The van der Waals surface area contributed by atoms with Crippen molar-refractivity contribution in [2.75, 3.05) is 16.4 Å². The molecular weight excluding hydrogens is 420 g/mol. The predicted octanol–water partition coefficient (Wildman–Crippen LogP) is 4.44. The maximum atomic E-state index is 12.7. The van der Waals surface area contributed by atoms with E-state index in [9.17, 15) is 18.0 Å². The largest absolute Gasteiger partial charge is 0.326 e. The summed E-state index contributed by atoms with van der Waals surface area (Å²) in [5.41, 5.74) is 2.31. The summed E-state index contributed by atoms with van der Waals surface area (Å²) in [5.74, 6) is -0.402. The summed E-state index contributed by atoms with van der Waals surface area (Å²) in [4.78, 5) is 25.1. The number of benzene rings is 2. The molecule has 0 radical (unpaired) electrons. The highest BCUT2D eigenvalue weighted by Crippen LogP contribution is 2.36. The molecular formula is C22H26N2O4S2. The van der Waals surface area contributed by atoms with E-state index in [0.717, 1.165) is 4.90 Å². The lowest BCUT2D eigenvalue weighted by molar-refractivity contribution is -0.116. The number of carbonyl (C=O) groups excluding carboxylic acids is 2. The summed E-state index contributed by atoms with van der Waals surface area (Å²) in [7, 11) is -3.66. The van der Waals surface area contributed by atoms with Crippen LogP contribution in [-0.4, -0.2) is 31.2 Å². The van der Waals surface area contributed by atoms with E-state index in [2.05, 4.69) is 24.5 Å². The second kappa shape index (κ2) is 9.22. The summed E-state index contributed by atoms with van der Waals surface area (Å²) in [6.45, 7) is 6.14. The minimum atomic E-state index is -3.66. The Bertz CT molecular complexity index is 1050. The second-order valence-electron chi connectivity index (χ2n) is 7.73. The number of nitrogens with one attached hydrogen (secondary N) is 2. The molecule has 0 spiro atoms. The Morgan fingerprint density at radius 3 is 2.57 bits per heavy atom. The van der Waals surface area contributed by atoms with Crippen LogP contribution in [0.5, 0.6) is 0 Å². The van der Waals surface area contributed by atoms with E-state index in [-0.39, 0.29) is 34.1 Å². The van der Waals surface area contributed by atoms with Gasteiger partial charge in [-0.2, -0.15) is 0 Å². The van der Waals surface area contributed by atoms with Crippen LogP contribution in [-0.2, 0) is 19.4 Å². The quantitative estimate of drug-likeness (QED) is 0.685. The van der Waals surface area contributed by atoms with Gasteiger partial charge in [0, 0.05) is 28.7 Å². The van der Waals surface area contributed by atoms with E-state index in [0.29, 0.717) is 23.7 Å². The Labute approximate surface area is 181 Å². The van der Waals surface area contributed by atoms with Crippen LogP contribution in [0.25, 0.3) is 0 Å². The average Bonchev–Trinajstić information content (AvgIpc) is 2.82. The van der Waals surface area contributed by atoms with Crippen molar-refractivity contribution in [3.05, 3.63) is 48.0 Å². The van der Waals surface area contributed by atoms with E-state index in [1.807, 2.05) is 31.2 Å². The van der Waals surface area contributed by atoms with Gasteiger partial charge in [-0.3, -0.25) is 9.59 Å². The van der Waals surface area contributed by atoms with Gasteiger partial charge in [0.05, 0.1) is 16.3 Å². The molecule has 0 saturated heterocycles. The SMILES string of the molecule is CC(C)c1ccc(NC(=O)CCS(=O)(=O)c2ccc3c(c2)NC(=O)C[C@@H](C)S3)cc1. The number of rotatable bonds is 6. The van der Waals surface area contributed by atoms with Gasteiger partial charge in [0.15, 0.2) is 9.84 Å². The number of hydrogen-bond acceptors (Lipinski definition) is 5. The highest BCUT2D eigenvalue weighted by molar-refractivity contribution is 8.00. The van der Waals surface area contributed by atoms with Gasteiger partial charge in [0.1, 0.15) is 0 Å². The molecule has 0 unspecified atom stereocenters. The molecule has 1 atom stereocenters. The van der Waals surface area contributed by atoms with Crippen molar-refractivity contribution in [1.29, 1.82) is 0 Å². The lowest BCUT2D eigenvalue weighted by Gasteiger charge is -2.11. The Morgan fingerprint density at radius 2 is 1.90 bits per heavy atom. The number of carbonyl (C=O) groups is 2. The maximum Gasteiger partial charge on any atom is 0.225 e. The Balaban J connectivity index is 1.65. The van der Waals surface area contributed by atoms with Crippen LogP contribution in [0, 0.1) is 0 Å². The van der Waals surface area contributed by atoms with Gasteiger partial charge in [-0.1, -0.05) is 32.9 Å². The molecule has 2 N–H and O–H groups in total. The zero-order valence-corrected chi connectivity index (χ0v) is 18.9. The zero-order chi connectivity index (χ0) is 21.9. The molecule has 160 valence electrons. The van der Waals surface area contributed by atoms with Crippen molar-refractivity contribution in [2.45, 2.75) is 54.6 Å². The zero-order valence-electron chi connectivity index (χ0n) is 17.3. The van der Waals surface area contributed by atoms with Crippen molar-refractivity contribution in [3.8, 4) is 0 Å². The smallest absolute Gasteiger partial charge is 0.225 e. The van der Waals surface area contributed by atoms with Crippen LogP contribution in [0.3, 0.4) is 0 Å². The van der Waals surface area contributed by atoms with Gasteiger partial charge in [0.25, 0.3) is 0 Å². The molecule has 0 saturated carbocycles. The number of amides is 2. The van der Waals surface area contributed by atoms with Crippen molar-refractivity contribution >= 4 is 44.8 Å². The Morgan fingerprint density at radius 1 is 1.20 bits per heavy atom. The summed E-state index contributed by atoms with van der Waals surface area (Å²) in [6.07, 6.45) is 0.225. The summed E-state index contributed by atoms with van der Waals surface area (Å²) in [6, 6.07) is 12.3. The first-order valence-electron chi connectivity index (χ1n) is 9.87. The lowest BCUT2D eigenvalue weighted by Crippen LogP contribution is -2.18. The predicted molar refractivity (Wildman–Crippen MR) is 121 cm³/mol. The molecule has 2 aromatic carbocycles. The number of anilines is 2. The summed E-state index contributed by atoms with van der Waals surface area (Å²) in [5, 5.41) is 5.63. The van der Waals surface area contributed by atoms with Crippen LogP contribution in [0.4, 0.5) is 11.4 Å². The van der Waals surface area contributed by atoms with Crippen LogP contribution in [0.1, 0.15) is 45.1 Å². The fraction of sp³-hybridized carbons (Fsp3) is 0.364. The average molecular weight is 447 g/mol. The van der Waals surface area contributed by atoms with E-state index >= 15 is 0 Å². The molecule has 30 heavy (non-hydrogen) atoms. The molecule has 0 aliphatic carbocycles. The van der Waals surface area contributed by atoms with Gasteiger partial charge in [-0.25, -0.2) is 8.42 Å². The molecule has 1 heterocycles. The molecule has 2 aromatic rings. The van der Waals surface area contributed by atoms with E-state index in [1.54, 1.807) is 6.07 Å². The Hall–Kier alpha value is -2.32. The van der Waals surface area contributed by atoms with Gasteiger partial charge >= 0.3 is 0 Å². The molecule has 0 fully saturated rings. The standard InChI is InChI=1S/C22H26N2O4S2/c1-14(2)16-4-6-17(7-5-16)23-21(25)10-11-30(27,28)18-8-9-20-19(13-18)24-22(26)12-15(3)29-20/h4-9,13-15H,10-12H2,1-3H3,(H,23,25)(H,24,26)/t15-/m1/s1. The first-order chi connectivity index (χ1) is 14.1. The number of fused-ring (bicyclic) bond motifs is 1. The second-order valence-corrected chi connectivity index (χ2v) is 11.3. The third kappa shape index (κ3) is 5.64. The normalized spacial score (nSPS) is 16.5. The Kier molecular flexibility index (Phi) is 6.88. The third-order valence-corrected chi connectivity index (χ3v) is 7.74. The molecule has 2 amide bonds. The van der Waals surface area contributed by atoms with Crippen molar-refractivity contribution in [2.24, 2.45) is 0 Å². The highest BCUT2D eigenvalue weighted by Gasteiger charge is 2.23. The highest BCUT2D eigenvalue weighted by atomic mass is 32.2. The molecule has 0 bridgehead atoms. The first kappa shape index (κ1) is 22.4. The number of sulfone groups is 1. The summed E-state index contributed by atoms with van der Waals surface area (Å²) < 4.78 is 25.5. The van der Waals surface area contributed by atoms with Crippen molar-refractivity contribution < 1.29 is 18.0 Å². The van der Waals surface area contributed by atoms with Gasteiger partial charge in [0.2, 0.25) is 11.8 Å². The molecule has 0 aromatic heterocycles. The van der Waals surface area contributed by atoms with E-state index in [4.69, 9.17) is 0 Å². The van der Waals surface area contributed by atoms with E-state index in [1.165, 1.54) is 29.5 Å². The van der Waals surface area contributed by atoms with E-state index < -0.39 is 9.84 Å². The van der Waals surface area contributed by atoms with Crippen molar-refractivity contribution in [3.63, 3.8) is 0 Å². The minimum absolute atomic E-state index is 0.103. The third-order valence-electron chi connectivity index (χ3n) is 4.84. The number of hydrogen-bond donors (Lipinski definition) is 2. The van der Waals surface area contributed by atoms with Crippen LogP contribution >= 0.6 is 11.8 Å². The molecule has 1 aliphatic heterocycles. The molecule has 6 nitrogen and oxygen atoms in total. The van der Waals surface area contributed by atoms with Crippen LogP contribution in [0.15, 0.2) is 52.3 Å². The van der Waals surface area contributed by atoms with Gasteiger partial charge in [-0.15, -0.1) is 11.8 Å². The fourth-order valence-corrected chi connectivity index (χ4v) is 5.46. The van der Waals surface area contributed by atoms with Crippen LogP contribution < -0.4 is 10.6 Å². The van der Waals surface area contributed by atoms with Crippen molar-refractivity contribution in [1.82, 2.24) is 0 Å². The number of thioether (sulfide) groups is 1. The van der Waals surface area contributed by atoms with Crippen LogP contribution in [0.2, 0.25) is 0 Å². The topological polar surface area (TPSA) is 92.3 Å². The minimum Gasteiger partial charge on any atom is -0.326 e. The summed E-state index contributed by atoms with van der Waals surface area (Å²) >= 11 is 1.54. The lowest BCUT2D eigenvalue weighted by atomic mass is 10.0. The molecule has 1 aliphatic rings. The fourth-order valence-electron chi connectivity index (χ4n) is 3.14. The van der Waals surface area contributed by atoms with Gasteiger partial charge in [-0.05, 0) is 41.8 Å². The monoisotopic (exact) mass is 446 g/mol. The maximum absolute atomic E-state index is 12.7. The van der Waals surface area contributed by atoms with Gasteiger partial charge < -0.3 is 10.6 Å².